The molecule has 0 bridgehead atoms. The average molecular weight is 397 g/mol. The summed E-state index contributed by atoms with van der Waals surface area (Å²) in [4.78, 5) is 0. The highest BCUT2D eigenvalue weighted by molar-refractivity contribution is 4.71. The summed E-state index contributed by atoms with van der Waals surface area (Å²) in [6.45, 7) is 8.42. The molecule has 0 saturated heterocycles. The van der Waals surface area contributed by atoms with E-state index in [1.54, 1.807) is 7.11 Å². The van der Waals surface area contributed by atoms with Crippen LogP contribution in [0.5, 0.6) is 0 Å². The molecule has 0 aliphatic heterocycles. The van der Waals surface area contributed by atoms with Gasteiger partial charge in [0.25, 0.3) is 0 Å². The van der Waals surface area contributed by atoms with E-state index in [4.69, 9.17) is 33.5 Å². The smallest absolute Gasteiger partial charge is 0.0860 e. The molecule has 0 rings (SSSR count). The Hall–Kier alpha value is -0.320. The molecule has 8 heteroatoms. The van der Waals surface area contributed by atoms with Gasteiger partial charge in [-0.15, -0.1) is 0 Å². The lowest BCUT2D eigenvalue weighted by Gasteiger charge is -2.27. The predicted octanol–water partition coefficient (Wildman–Crippen LogP) is 0.874. The molecule has 0 aromatic rings. The lowest BCUT2D eigenvalue weighted by atomic mass is 10.00. The topological polar surface area (TPSA) is 95.8 Å². The van der Waals surface area contributed by atoms with E-state index in [-0.39, 0.29) is 37.9 Å². The molecule has 0 aliphatic carbocycles. The molecule has 0 radical (unpaired) electrons. The van der Waals surface area contributed by atoms with Gasteiger partial charge in [0.15, 0.2) is 0 Å². The third-order valence-electron chi connectivity index (χ3n) is 3.82. The summed E-state index contributed by atoms with van der Waals surface area (Å²) in [5.74, 6) is 0.0114. The van der Waals surface area contributed by atoms with Crippen LogP contribution in [0.25, 0.3) is 0 Å². The Morgan fingerprint density at radius 2 is 1.44 bits per heavy atom. The van der Waals surface area contributed by atoms with Gasteiger partial charge in [-0.1, -0.05) is 6.92 Å². The van der Waals surface area contributed by atoms with Gasteiger partial charge in [-0.3, -0.25) is 0 Å². The maximum Gasteiger partial charge on any atom is 0.0860 e. The number of hydrogen-bond acceptors (Lipinski definition) is 8. The standard InChI is InChI=1S/C19H40O8/c1-4-8-23-10-11-24-12-13-26-17(2)14-27-19(16-25-9-7-21)18(5-6-20)15-22-3/h17-21H,4-16H2,1-3H3. The Labute approximate surface area is 164 Å². The maximum atomic E-state index is 9.26. The number of rotatable bonds is 21. The van der Waals surface area contributed by atoms with E-state index in [0.717, 1.165) is 13.0 Å². The van der Waals surface area contributed by atoms with Crippen molar-refractivity contribution >= 4 is 0 Å². The second-order valence-corrected chi connectivity index (χ2v) is 6.30. The van der Waals surface area contributed by atoms with Crippen molar-refractivity contribution in [3.8, 4) is 0 Å². The first-order valence-electron chi connectivity index (χ1n) is 9.86. The SMILES string of the molecule is CCCOCCOCCOC(C)COC(COCCO)C(CCO)COC. The van der Waals surface area contributed by atoms with Gasteiger partial charge >= 0.3 is 0 Å². The summed E-state index contributed by atoms with van der Waals surface area (Å²) >= 11 is 0. The molecule has 3 unspecified atom stereocenters. The molecule has 164 valence electrons. The van der Waals surface area contributed by atoms with Crippen LogP contribution < -0.4 is 0 Å². The van der Waals surface area contributed by atoms with Crippen LogP contribution in [0.15, 0.2) is 0 Å². The third kappa shape index (κ3) is 16.3. The summed E-state index contributed by atoms with van der Waals surface area (Å²) in [6, 6.07) is 0. The van der Waals surface area contributed by atoms with Crippen LogP contribution in [-0.2, 0) is 28.4 Å². The van der Waals surface area contributed by atoms with E-state index in [1.807, 2.05) is 6.92 Å². The highest BCUT2D eigenvalue weighted by Crippen LogP contribution is 2.15. The van der Waals surface area contributed by atoms with Crippen LogP contribution in [-0.4, -0.2) is 102 Å². The van der Waals surface area contributed by atoms with E-state index >= 15 is 0 Å². The fraction of sp³-hybridized carbons (Fsp3) is 1.00. The molecule has 0 aromatic heterocycles. The van der Waals surface area contributed by atoms with Crippen molar-refractivity contribution in [2.45, 2.75) is 38.9 Å². The minimum atomic E-state index is -0.235. The fourth-order valence-electron chi connectivity index (χ4n) is 2.42. The van der Waals surface area contributed by atoms with Crippen molar-refractivity contribution < 1.29 is 38.6 Å². The normalized spacial score (nSPS) is 15.0. The predicted molar refractivity (Wildman–Crippen MR) is 102 cm³/mol. The number of aliphatic hydroxyl groups is 2. The van der Waals surface area contributed by atoms with Crippen molar-refractivity contribution in [2.24, 2.45) is 5.92 Å². The summed E-state index contributed by atoms with van der Waals surface area (Å²) in [7, 11) is 1.62. The molecular formula is C19H40O8. The van der Waals surface area contributed by atoms with E-state index in [2.05, 4.69) is 6.92 Å². The van der Waals surface area contributed by atoms with Crippen LogP contribution in [0.3, 0.4) is 0 Å². The largest absolute Gasteiger partial charge is 0.396 e. The molecule has 0 aromatic carbocycles. The minimum absolute atomic E-state index is 0.0114. The minimum Gasteiger partial charge on any atom is -0.396 e. The number of ether oxygens (including phenoxy) is 6. The molecule has 8 nitrogen and oxygen atoms in total. The second kappa shape index (κ2) is 20.4. The fourth-order valence-corrected chi connectivity index (χ4v) is 2.42. The molecule has 0 aliphatic rings. The molecular weight excluding hydrogens is 356 g/mol. The van der Waals surface area contributed by atoms with Crippen LogP contribution in [0.1, 0.15) is 26.7 Å². The van der Waals surface area contributed by atoms with E-state index < -0.39 is 0 Å². The van der Waals surface area contributed by atoms with E-state index in [0.29, 0.717) is 52.7 Å². The lowest BCUT2D eigenvalue weighted by Crippen LogP contribution is -2.35. The maximum absolute atomic E-state index is 9.26. The lowest BCUT2D eigenvalue weighted by molar-refractivity contribution is -0.103. The van der Waals surface area contributed by atoms with Crippen molar-refractivity contribution in [1.29, 1.82) is 0 Å². The van der Waals surface area contributed by atoms with E-state index in [9.17, 15) is 5.11 Å². The summed E-state index contributed by atoms with van der Waals surface area (Å²) < 4.78 is 33.1. The molecule has 27 heavy (non-hydrogen) atoms. The molecule has 0 spiro atoms. The zero-order chi connectivity index (χ0) is 20.2. The zero-order valence-corrected chi connectivity index (χ0v) is 17.3. The van der Waals surface area contributed by atoms with Gasteiger partial charge in [-0.25, -0.2) is 0 Å². The summed E-state index contributed by atoms with van der Waals surface area (Å²) in [5, 5.41) is 18.1. The molecule has 2 N–H and O–H groups in total. The first-order valence-corrected chi connectivity index (χ1v) is 9.86. The van der Waals surface area contributed by atoms with Gasteiger partial charge in [0, 0.05) is 26.2 Å². The van der Waals surface area contributed by atoms with Gasteiger partial charge in [0.05, 0.1) is 71.7 Å². The summed E-state index contributed by atoms with van der Waals surface area (Å²) in [5.41, 5.74) is 0. The Morgan fingerprint density at radius 3 is 2.07 bits per heavy atom. The average Bonchev–Trinajstić information content (AvgIpc) is 2.66. The first kappa shape index (κ1) is 26.7. The highest BCUT2D eigenvalue weighted by atomic mass is 16.6. The van der Waals surface area contributed by atoms with Crippen molar-refractivity contribution in [1.82, 2.24) is 0 Å². The molecule has 0 fully saturated rings. The molecule has 0 saturated carbocycles. The van der Waals surface area contributed by atoms with Crippen molar-refractivity contribution in [3.05, 3.63) is 0 Å². The third-order valence-corrected chi connectivity index (χ3v) is 3.82. The Bertz CT molecular complexity index is 287. The monoisotopic (exact) mass is 396 g/mol. The van der Waals surface area contributed by atoms with Crippen LogP contribution in [0.2, 0.25) is 0 Å². The number of hydrogen-bond donors (Lipinski definition) is 2. The molecule has 3 atom stereocenters. The molecule has 0 amide bonds. The van der Waals surface area contributed by atoms with E-state index in [1.165, 1.54) is 0 Å². The second-order valence-electron chi connectivity index (χ2n) is 6.30. The highest BCUT2D eigenvalue weighted by Gasteiger charge is 2.23. The first-order chi connectivity index (χ1) is 13.2. The Balaban J connectivity index is 4.04. The van der Waals surface area contributed by atoms with Gasteiger partial charge in [-0.2, -0.15) is 0 Å². The Kier molecular flexibility index (Phi) is 20.2. The number of methoxy groups -OCH3 is 1. The molecule has 0 heterocycles. The zero-order valence-electron chi connectivity index (χ0n) is 17.3. The van der Waals surface area contributed by atoms with Crippen molar-refractivity contribution in [2.75, 3.05) is 79.8 Å². The van der Waals surface area contributed by atoms with Crippen LogP contribution in [0, 0.1) is 5.92 Å². The van der Waals surface area contributed by atoms with Crippen LogP contribution in [0.4, 0.5) is 0 Å². The van der Waals surface area contributed by atoms with Crippen LogP contribution >= 0.6 is 0 Å². The van der Waals surface area contributed by atoms with Gasteiger partial charge in [0.1, 0.15) is 0 Å². The van der Waals surface area contributed by atoms with Gasteiger partial charge < -0.3 is 38.6 Å². The van der Waals surface area contributed by atoms with Gasteiger partial charge in [0.2, 0.25) is 0 Å². The summed E-state index contributed by atoms with van der Waals surface area (Å²) in [6.07, 6.45) is 1.24. The number of aliphatic hydroxyl groups excluding tert-OH is 2. The Morgan fingerprint density at radius 1 is 0.741 bits per heavy atom. The van der Waals surface area contributed by atoms with Gasteiger partial charge in [-0.05, 0) is 19.8 Å². The van der Waals surface area contributed by atoms with Crippen molar-refractivity contribution in [3.63, 3.8) is 0 Å². The quantitative estimate of drug-likeness (QED) is 0.276.